The Morgan fingerprint density at radius 3 is 2.80 bits per heavy atom. The molecule has 2 aromatic carbocycles. The Morgan fingerprint density at radius 2 is 2.00 bits per heavy atom. The highest BCUT2D eigenvalue weighted by Gasteiger charge is 2.16. The van der Waals surface area contributed by atoms with E-state index < -0.39 is 0 Å². The molecule has 20 heavy (non-hydrogen) atoms. The van der Waals surface area contributed by atoms with E-state index in [4.69, 9.17) is 22.2 Å². The molecule has 0 aliphatic carbocycles. The summed E-state index contributed by atoms with van der Waals surface area (Å²) in [6.45, 7) is 1.41. The maximum Gasteiger partial charge on any atom is 0.0725 e. The van der Waals surface area contributed by atoms with Gasteiger partial charge in [-0.1, -0.05) is 41.9 Å². The Hall–Kier alpha value is -1.39. The summed E-state index contributed by atoms with van der Waals surface area (Å²) < 4.78 is 5.45. The summed E-state index contributed by atoms with van der Waals surface area (Å²) in [7, 11) is 0. The molecule has 104 valence electrons. The predicted octanol–water partition coefficient (Wildman–Crippen LogP) is 3.12. The van der Waals surface area contributed by atoms with Crippen molar-refractivity contribution in [3.05, 3.63) is 69.7 Å². The number of rotatable bonds is 4. The second-order valence-corrected chi connectivity index (χ2v) is 5.51. The summed E-state index contributed by atoms with van der Waals surface area (Å²) in [5, 5.41) is 0.751. The van der Waals surface area contributed by atoms with E-state index in [1.807, 2.05) is 18.2 Å². The van der Waals surface area contributed by atoms with Crippen LogP contribution in [0.4, 0.5) is 0 Å². The molecule has 1 aliphatic rings. The van der Waals surface area contributed by atoms with Crippen LogP contribution in [0.2, 0.25) is 5.02 Å². The summed E-state index contributed by atoms with van der Waals surface area (Å²) in [6, 6.07) is 14.4. The predicted molar refractivity (Wildman–Crippen MR) is 80.2 cm³/mol. The first-order valence-electron chi connectivity index (χ1n) is 6.66. The molecule has 0 saturated heterocycles. The van der Waals surface area contributed by atoms with Gasteiger partial charge in [-0.05, 0) is 40.8 Å². The monoisotopic (exact) mass is 288 g/mol. The van der Waals surface area contributed by atoms with Crippen molar-refractivity contribution in [2.45, 2.75) is 25.7 Å². The number of nitrogens with two attached hydrogens (primary N) is 1. The van der Waals surface area contributed by atoms with Gasteiger partial charge in [0.25, 0.3) is 0 Å². The molecule has 4 heteroatoms. The van der Waals surface area contributed by atoms with E-state index in [-0.39, 0.29) is 6.04 Å². The molecule has 3 rings (SSSR count). The van der Waals surface area contributed by atoms with Crippen LogP contribution in [0.15, 0.2) is 42.5 Å². The standard InChI is InChI=1S/C16H17ClN2O/c17-15-3-1-2-11(6-15)7-16(19-18)12-4-5-13-9-20-10-14(13)8-12/h1-6,8,16,19H,7,9-10,18H2. The second-order valence-electron chi connectivity index (χ2n) is 5.07. The Balaban J connectivity index is 1.83. The second kappa shape index (κ2) is 5.94. The Kier molecular flexibility index (Phi) is 4.03. The van der Waals surface area contributed by atoms with Gasteiger partial charge in [-0.15, -0.1) is 0 Å². The van der Waals surface area contributed by atoms with Gasteiger partial charge in [-0.2, -0.15) is 0 Å². The lowest BCUT2D eigenvalue weighted by Crippen LogP contribution is -2.29. The van der Waals surface area contributed by atoms with E-state index >= 15 is 0 Å². The summed E-state index contributed by atoms with van der Waals surface area (Å²) in [5.41, 5.74) is 7.76. The van der Waals surface area contributed by atoms with Crippen molar-refractivity contribution in [2.75, 3.05) is 0 Å². The third-order valence-electron chi connectivity index (χ3n) is 3.68. The van der Waals surface area contributed by atoms with Gasteiger partial charge in [0.1, 0.15) is 0 Å². The lowest BCUT2D eigenvalue weighted by molar-refractivity contribution is 0.134. The fourth-order valence-electron chi connectivity index (χ4n) is 2.58. The number of benzene rings is 2. The van der Waals surface area contributed by atoms with Crippen molar-refractivity contribution in [3.8, 4) is 0 Å². The molecule has 0 fully saturated rings. The van der Waals surface area contributed by atoms with Gasteiger partial charge >= 0.3 is 0 Å². The number of hydrogen-bond donors (Lipinski definition) is 2. The molecule has 3 N–H and O–H groups in total. The lowest BCUT2D eigenvalue weighted by atomic mass is 9.96. The van der Waals surface area contributed by atoms with Crippen molar-refractivity contribution >= 4 is 11.6 Å². The number of fused-ring (bicyclic) bond motifs is 1. The van der Waals surface area contributed by atoms with Gasteiger partial charge in [-0.3, -0.25) is 11.3 Å². The van der Waals surface area contributed by atoms with Gasteiger partial charge in [-0.25, -0.2) is 0 Å². The number of nitrogens with one attached hydrogen (secondary N) is 1. The Bertz CT molecular complexity index is 615. The molecule has 2 aromatic rings. The van der Waals surface area contributed by atoms with Crippen LogP contribution in [0.5, 0.6) is 0 Å². The lowest BCUT2D eigenvalue weighted by Gasteiger charge is -2.17. The molecule has 0 bridgehead atoms. The number of halogens is 1. The zero-order valence-corrected chi connectivity index (χ0v) is 11.9. The summed E-state index contributed by atoms with van der Waals surface area (Å²) >= 11 is 6.03. The largest absolute Gasteiger partial charge is 0.372 e. The van der Waals surface area contributed by atoms with Gasteiger partial charge in [0.05, 0.1) is 13.2 Å². The van der Waals surface area contributed by atoms with Crippen molar-refractivity contribution < 1.29 is 4.74 Å². The summed E-state index contributed by atoms with van der Waals surface area (Å²) in [4.78, 5) is 0. The molecule has 0 saturated carbocycles. The average molecular weight is 289 g/mol. The zero-order valence-electron chi connectivity index (χ0n) is 11.1. The molecule has 0 aromatic heterocycles. The van der Waals surface area contributed by atoms with E-state index in [2.05, 4.69) is 29.7 Å². The van der Waals surface area contributed by atoms with Crippen LogP contribution in [0.3, 0.4) is 0 Å². The quantitative estimate of drug-likeness (QED) is 0.671. The van der Waals surface area contributed by atoms with E-state index in [1.165, 1.54) is 16.7 Å². The molecular weight excluding hydrogens is 272 g/mol. The number of ether oxygens (including phenoxy) is 1. The molecule has 0 spiro atoms. The highest BCUT2D eigenvalue weighted by atomic mass is 35.5. The topological polar surface area (TPSA) is 47.3 Å². The maximum atomic E-state index is 6.03. The minimum atomic E-state index is 0.0689. The molecule has 3 nitrogen and oxygen atoms in total. The van der Waals surface area contributed by atoms with Gasteiger partial charge < -0.3 is 4.74 Å². The van der Waals surface area contributed by atoms with Crippen molar-refractivity contribution in [1.82, 2.24) is 5.43 Å². The zero-order chi connectivity index (χ0) is 13.9. The first-order chi connectivity index (χ1) is 9.76. The fourth-order valence-corrected chi connectivity index (χ4v) is 2.79. The van der Waals surface area contributed by atoms with Gasteiger partial charge in [0.2, 0.25) is 0 Å². The first kappa shape index (κ1) is 13.6. The highest BCUT2D eigenvalue weighted by Crippen LogP contribution is 2.26. The van der Waals surface area contributed by atoms with Crippen molar-refractivity contribution in [1.29, 1.82) is 0 Å². The Labute approximate surface area is 123 Å². The SMILES string of the molecule is NNC(Cc1cccc(Cl)c1)c1ccc2c(c1)COC2. The van der Waals surface area contributed by atoms with Crippen LogP contribution in [0.1, 0.15) is 28.3 Å². The highest BCUT2D eigenvalue weighted by molar-refractivity contribution is 6.30. The molecular formula is C16H17ClN2O. The smallest absolute Gasteiger partial charge is 0.0725 e. The van der Waals surface area contributed by atoms with Crippen LogP contribution in [0.25, 0.3) is 0 Å². The van der Waals surface area contributed by atoms with Crippen LogP contribution in [-0.2, 0) is 24.4 Å². The Morgan fingerprint density at radius 1 is 1.15 bits per heavy atom. The van der Waals surface area contributed by atoms with Crippen molar-refractivity contribution in [2.24, 2.45) is 5.84 Å². The first-order valence-corrected chi connectivity index (χ1v) is 7.04. The summed E-state index contributed by atoms with van der Waals surface area (Å²) in [6.07, 6.45) is 0.802. The van der Waals surface area contributed by atoms with Crippen LogP contribution < -0.4 is 11.3 Å². The van der Waals surface area contributed by atoms with Crippen LogP contribution in [0, 0.1) is 0 Å². The fraction of sp³-hybridized carbons (Fsp3) is 0.250. The minimum Gasteiger partial charge on any atom is -0.372 e. The van der Waals surface area contributed by atoms with E-state index in [0.717, 1.165) is 17.0 Å². The molecule has 1 heterocycles. The third-order valence-corrected chi connectivity index (χ3v) is 3.91. The molecule has 0 amide bonds. The van der Waals surface area contributed by atoms with E-state index in [1.54, 1.807) is 0 Å². The average Bonchev–Trinajstić information content (AvgIpc) is 2.92. The molecule has 1 atom stereocenters. The number of hydrogen-bond acceptors (Lipinski definition) is 3. The van der Waals surface area contributed by atoms with E-state index in [9.17, 15) is 0 Å². The van der Waals surface area contributed by atoms with Crippen molar-refractivity contribution in [3.63, 3.8) is 0 Å². The molecule has 1 unspecified atom stereocenters. The van der Waals surface area contributed by atoms with Gasteiger partial charge in [0, 0.05) is 11.1 Å². The van der Waals surface area contributed by atoms with Crippen LogP contribution >= 0.6 is 11.6 Å². The number of hydrazine groups is 1. The van der Waals surface area contributed by atoms with Crippen LogP contribution in [-0.4, -0.2) is 0 Å². The normalized spacial score (nSPS) is 15.1. The maximum absolute atomic E-state index is 6.03. The molecule has 1 aliphatic heterocycles. The summed E-state index contributed by atoms with van der Waals surface area (Å²) in [5.74, 6) is 5.72. The van der Waals surface area contributed by atoms with Gasteiger partial charge in [0.15, 0.2) is 0 Å². The third kappa shape index (κ3) is 2.86. The molecule has 0 radical (unpaired) electrons. The van der Waals surface area contributed by atoms with E-state index in [0.29, 0.717) is 13.2 Å². The minimum absolute atomic E-state index is 0.0689.